The van der Waals surface area contributed by atoms with Gasteiger partial charge in [-0.15, -0.1) is 0 Å². The van der Waals surface area contributed by atoms with Crippen molar-refractivity contribution in [1.82, 2.24) is 14.9 Å². The molecule has 1 aromatic carbocycles. The normalized spacial score (nSPS) is 10.9. The Balaban J connectivity index is 1.96. The van der Waals surface area contributed by atoms with Crippen molar-refractivity contribution in [3.8, 4) is 0 Å². The zero-order valence-electron chi connectivity index (χ0n) is 12.8. The Morgan fingerprint density at radius 1 is 1.15 bits per heavy atom. The Hall–Kier alpha value is -1.61. The topological polar surface area (TPSA) is 29.9 Å². The Morgan fingerprint density at radius 3 is 2.60 bits per heavy atom. The van der Waals surface area contributed by atoms with E-state index in [0.717, 1.165) is 26.1 Å². The summed E-state index contributed by atoms with van der Waals surface area (Å²) in [6, 6.07) is 6.47. The maximum absolute atomic E-state index is 4.49. The molecule has 0 amide bonds. The largest absolute Gasteiger partial charge is 0.333 e. The van der Waals surface area contributed by atoms with E-state index in [9.17, 15) is 0 Å². The van der Waals surface area contributed by atoms with Gasteiger partial charge in [-0.25, -0.2) is 4.98 Å². The lowest BCUT2D eigenvalue weighted by Crippen LogP contribution is -2.17. The molecular weight excluding hydrogens is 246 g/mol. The second-order valence-corrected chi connectivity index (χ2v) is 5.41. The van der Waals surface area contributed by atoms with Gasteiger partial charge in [-0.3, -0.25) is 0 Å². The lowest BCUT2D eigenvalue weighted by Gasteiger charge is -2.09. The van der Waals surface area contributed by atoms with Crippen LogP contribution in [0.2, 0.25) is 0 Å². The minimum Gasteiger partial charge on any atom is -0.333 e. The molecule has 0 aliphatic rings. The molecule has 1 heterocycles. The van der Waals surface area contributed by atoms with Crippen LogP contribution < -0.4 is 5.32 Å². The van der Waals surface area contributed by atoms with Crippen molar-refractivity contribution in [2.45, 2.75) is 40.2 Å². The van der Waals surface area contributed by atoms with Crippen molar-refractivity contribution < 1.29 is 0 Å². The lowest BCUT2D eigenvalue weighted by atomic mass is 10.0. The van der Waals surface area contributed by atoms with E-state index in [1.54, 1.807) is 0 Å². The molecule has 2 aromatic rings. The minimum atomic E-state index is 0.911. The van der Waals surface area contributed by atoms with E-state index in [1.165, 1.54) is 28.8 Å². The molecule has 0 aliphatic carbocycles. The summed E-state index contributed by atoms with van der Waals surface area (Å²) in [4.78, 5) is 4.49. The van der Waals surface area contributed by atoms with Gasteiger partial charge in [0, 0.05) is 25.7 Å². The second kappa shape index (κ2) is 7.25. The van der Waals surface area contributed by atoms with Gasteiger partial charge in [0.2, 0.25) is 0 Å². The molecule has 0 fully saturated rings. The third-order valence-corrected chi connectivity index (χ3v) is 3.66. The van der Waals surface area contributed by atoms with Gasteiger partial charge < -0.3 is 9.88 Å². The fourth-order valence-electron chi connectivity index (χ4n) is 2.42. The van der Waals surface area contributed by atoms with Gasteiger partial charge in [-0.1, -0.05) is 25.1 Å². The molecule has 0 saturated heterocycles. The van der Waals surface area contributed by atoms with Gasteiger partial charge in [0.1, 0.15) is 0 Å². The Bertz CT molecular complexity index is 523. The average molecular weight is 271 g/mol. The van der Waals surface area contributed by atoms with E-state index in [2.05, 4.69) is 60.0 Å². The number of hydrogen-bond acceptors (Lipinski definition) is 2. The fraction of sp³-hybridized carbons (Fsp3) is 0.471. The molecular formula is C17H25N3. The van der Waals surface area contributed by atoms with Crippen LogP contribution in [0.1, 0.15) is 35.7 Å². The monoisotopic (exact) mass is 271 g/mol. The summed E-state index contributed by atoms with van der Waals surface area (Å²) in [6.45, 7) is 9.54. The van der Waals surface area contributed by atoms with E-state index in [4.69, 9.17) is 0 Å². The molecule has 0 bridgehead atoms. The molecule has 1 aromatic heterocycles. The van der Waals surface area contributed by atoms with Gasteiger partial charge >= 0.3 is 0 Å². The predicted octanol–water partition coefficient (Wildman–Crippen LogP) is 3.09. The fourth-order valence-corrected chi connectivity index (χ4v) is 2.42. The summed E-state index contributed by atoms with van der Waals surface area (Å²) in [5, 5.41) is 3.41. The van der Waals surface area contributed by atoms with Gasteiger partial charge in [-0.05, 0) is 43.5 Å². The SMILES string of the molecule is CCCNCCc1cn(Cc2c(C)cccc2C)cn1. The molecule has 0 atom stereocenters. The molecule has 3 nitrogen and oxygen atoms in total. The second-order valence-electron chi connectivity index (χ2n) is 5.41. The summed E-state index contributed by atoms with van der Waals surface area (Å²) in [7, 11) is 0. The standard InChI is InChI=1S/C17H25N3/c1-4-9-18-10-8-16-11-20(13-19-16)12-17-14(2)6-5-7-15(17)3/h5-7,11,13,18H,4,8-10,12H2,1-3H3. The van der Waals surface area contributed by atoms with Crippen LogP contribution in [-0.2, 0) is 13.0 Å². The molecule has 2 rings (SSSR count). The van der Waals surface area contributed by atoms with Crippen molar-refractivity contribution in [2.24, 2.45) is 0 Å². The summed E-state index contributed by atoms with van der Waals surface area (Å²) in [6.07, 6.45) is 6.29. The van der Waals surface area contributed by atoms with Crippen LogP contribution in [-0.4, -0.2) is 22.6 Å². The lowest BCUT2D eigenvalue weighted by molar-refractivity contribution is 0.666. The minimum absolute atomic E-state index is 0.911. The maximum atomic E-state index is 4.49. The third-order valence-electron chi connectivity index (χ3n) is 3.66. The first-order chi connectivity index (χ1) is 9.70. The summed E-state index contributed by atoms with van der Waals surface area (Å²) >= 11 is 0. The number of rotatable bonds is 7. The summed E-state index contributed by atoms with van der Waals surface area (Å²) < 4.78 is 2.19. The Morgan fingerprint density at radius 2 is 1.90 bits per heavy atom. The number of hydrogen-bond donors (Lipinski definition) is 1. The van der Waals surface area contributed by atoms with Crippen LogP contribution in [0, 0.1) is 13.8 Å². The first-order valence-corrected chi connectivity index (χ1v) is 7.47. The molecule has 108 valence electrons. The van der Waals surface area contributed by atoms with Crippen molar-refractivity contribution >= 4 is 0 Å². The number of nitrogens with one attached hydrogen (secondary N) is 1. The van der Waals surface area contributed by atoms with E-state index >= 15 is 0 Å². The zero-order valence-corrected chi connectivity index (χ0v) is 12.8. The quantitative estimate of drug-likeness (QED) is 0.784. The maximum Gasteiger partial charge on any atom is 0.0952 e. The van der Waals surface area contributed by atoms with E-state index in [-0.39, 0.29) is 0 Å². The Labute approximate surface area is 122 Å². The van der Waals surface area contributed by atoms with Gasteiger partial charge in [-0.2, -0.15) is 0 Å². The third kappa shape index (κ3) is 3.94. The predicted molar refractivity (Wildman–Crippen MR) is 84.1 cm³/mol. The number of aromatic nitrogens is 2. The van der Waals surface area contributed by atoms with E-state index < -0.39 is 0 Å². The highest BCUT2D eigenvalue weighted by Crippen LogP contribution is 2.15. The van der Waals surface area contributed by atoms with E-state index in [0.29, 0.717) is 0 Å². The smallest absolute Gasteiger partial charge is 0.0952 e. The molecule has 0 unspecified atom stereocenters. The number of aryl methyl sites for hydroxylation is 2. The van der Waals surface area contributed by atoms with Gasteiger partial charge in [0.05, 0.1) is 12.0 Å². The average Bonchev–Trinajstić information content (AvgIpc) is 2.87. The molecule has 0 saturated carbocycles. The summed E-state index contributed by atoms with van der Waals surface area (Å²) in [5.41, 5.74) is 5.27. The van der Waals surface area contributed by atoms with Gasteiger partial charge in [0.25, 0.3) is 0 Å². The first-order valence-electron chi connectivity index (χ1n) is 7.47. The van der Waals surface area contributed by atoms with Crippen molar-refractivity contribution in [2.75, 3.05) is 13.1 Å². The Kier molecular flexibility index (Phi) is 5.36. The molecule has 0 aliphatic heterocycles. The molecule has 3 heteroatoms. The van der Waals surface area contributed by atoms with Crippen LogP contribution in [0.4, 0.5) is 0 Å². The number of benzene rings is 1. The zero-order chi connectivity index (χ0) is 14.4. The highest BCUT2D eigenvalue weighted by atomic mass is 15.0. The molecule has 20 heavy (non-hydrogen) atoms. The molecule has 1 N–H and O–H groups in total. The van der Waals surface area contributed by atoms with Crippen molar-refractivity contribution in [3.05, 3.63) is 53.1 Å². The van der Waals surface area contributed by atoms with Crippen LogP contribution in [0.25, 0.3) is 0 Å². The molecule has 0 spiro atoms. The van der Waals surface area contributed by atoms with Crippen molar-refractivity contribution in [3.63, 3.8) is 0 Å². The highest BCUT2D eigenvalue weighted by molar-refractivity contribution is 5.33. The number of nitrogens with zero attached hydrogens (tertiary/aromatic N) is 2. The first kappa shape index (κ1) is 14.8. The van der Waals surface area contributed by atoms with Gasteiger partial charge in [0.15, 0.2) is 0 Å². The van der Waals surface area contributed by atoms with Crippen LogP contribution >= 0.6 is 0 Å². The highest BCUT2D eigenvalue weighted by Gasteiger charge is 2.04. The van der Waals surface area contributed by atoms with E-state index in [1.807, 2.05) is 6.33 Å². The summed E-state index contributed by atoms with van der Waals surface area (Å²) in [5.74, 6) is 0. The number of imidazole rings is 1. The van der Waals surface area contributed by atoms with Crippen molar-refractivity contribution in [1.29, 1.82) is 0 Å². The molecule has 0 radical (unpaired) electrons. The van der Waals surface area contributed by atoms with Crippen LogP contribution in [0.5, 0.6) is 0 Å². The van der Waals surface area contributed by atoms with Crippen LogP contribution in [0.15, 0.2) is 30.7 Å². The van der Waals surface area contributed by atoms with Crippen LogP contribution in [0.3, 0.4) is 0 Å².